The molecule has 1 aliphatic rings. The van der Waals surface area contributed by atoms with E-state index in [2.05, 4.69) is 17.4 Å². The van der Waals surface area contributed by atoms with Crippen molar-refractivity contribution in [2.24, 2.45) is 0 Å². The van der Waals surface area contributed by atoms with Crippen LogP contribution in [0.4, 0.5) is 0 Å². The first-order valence-electron chi connectivity index (χ1n) is 6.77. The standard InChI is InChI=1S/C15H23NO2/c1-18-14-6-4-5-13(11-14)15(8-10-17)7-2-3-9-16-12-15/h4-6,11,16-17H,2-3,7-10,12H2,1H3. The number of rotatable bonds is 4. The normalized spacial score (nSPS) is 24.6. The Labute approximate surface area is 109 Å². The Morgan fingerprint density at radius 3 is 3.06 bits per heavy atom. The topological polar surface area (TPSA) is 41.5 Å². The molecule has 3 nitrogen and oxygen atoms in total. The molecule has 1 aromatic rings. The SMILES string of the molecule is COc1cccc(C2(CCO)CCCCNC2)c1. The molecule has 100 valence electrons. The molecule has 1 saturated heterocycles. The molecule has 0 aromatic heterocycles. The van der Waals surface area contributed by atoms with E-state index in [9.17, 15) is 5.11 Å². The van der Waals surface area contributed by atoms with Crippen LogP contribution in [0, 0.1) is 0 Å². The molecule has 1 unspecified atom stereocenters. The minimum Gasteiger partial charge on any atom is -0.497 e. The van der Waals surface area contributed by atoms with E-state index in [1.165, 1.54) is 18.4 Å². The molecule has 0 aliphatic carbocycles. The average Bonchev–Trinajstić information content (AvgIpc) is 2.66. The third-order valence-corrected chi connectivity index (χ3v) is 3.99. The van der Waals surface area contributed by atoms with Gasteiger partial charge in [-0.05, 0) is 43.5 Å². The highest BCUT2D eigenvalue weighted by atomic mass is 16.5. The quantitative estimate of drug-likeness (QED) is 0.858. The third kappa shape index (κ3) is 2.85. The van der Waals surface area contributed by atoms with E-state index < -0.39 is 0 Å². The summed E-state index contributed by atoms with van der Waals surface area (Å²) in [6, 6.07) is 8.28. The van der Waals surface area contributed by atoms with Gasteiger partial charge >= 0.3 is 0 Å². The van der Waals surface area contributed by atoms with Crippen LogP contribution < -0.4 is 10.1 Å². The minimum atomic E-state index is 0.0553. The van der Waals surface area contributed by atoms with Crippen molar-refractivity contribution in [1.29, 1.82) is 0 Å². The van der Waals surface area contributed by atoms with Crippen LogP contribution in [0.3, 0.4) is 0 Å². The molecule has 0 spiro atoms. The van der Waals surface area contributed by atoms with E-state index in [-0.39, 0.29) is 12.0 Å². The lowest BCUT2D eigenvalue weighted by atomic mass is 9.74. The van der Waals surface area contributed by atoms with Gasteiger partial charge in [-0.3, -0.25) is 0 Å². The van der Waals surface area contributed by atoms with Crippen molar-refractivity contribution < 1.29 is 9.84 Å². The Balaban J connectivity index is 2.31. The van der Waals surface area contributed by atoms with E-state index in [1.807, 2.05) is 12.1 Å². The van der Waals surface area contributed by atoms with Crippen LogP contribution in [0.25, 0.3) is 0 Å². The predicted molar refractivity (Wildman–Crippen MR) is 73.1 cm³/mol. The number of nitrogens with one attached hydrogen (secondary N) is 1. The summed E-state index contributed by atoms with van der Waals surface area (Å²) in [5, 5.41) is 12.9. The van der Waals surface area contributed by atoms with E-state index in [4.69, 9.17) is 4.74 Å². The van der Waals surface area contributed by atoms with Gasteiger partial charge in [-0.2, -0.15) is 0 Å². The third-order valence-electron chi connectivity index (χ3n) is 3.99. The fourth-order valence-corrected chi connectivity index (χ4v) is 2.90. The first-order chi connectivity index (χ1) is 8.80. The summed E-state index contributed by atoms with van der Waals surface area (Å²) < 4.78 is 5.32. The van der Waals surface area contributed by atoms with Gasteiger partial charge in [-0.1, -0.05) is 18.6 Å². The number of hydrogen-bond donors (Lipinski definition) is 2. The van der Waals surface area contributed by atoms with Gasteiger partial charge in [0.25, 0.3) is 0 Å². The van der Waals surface area contributed by atoms with Crippen LogP contribution in [-0.2, 0) is 5.41 Å². The summed E-state index contributed by atoms with van der Waals surface area (Å²) >= 11 is 0. The van der Waals surface area contributed by atoms with Crippen LogP contribution >= 0.6 is 0 Å². The van der Waals surface area contributed by atoms with Crippen molar-refractivity contribution in [3.63, 3.8) is 0 Å². The van der Waals surface area contributed by atoms with Gasteiger partial charge in [0, 0.05) is 18.6 Å². The highest BCUT2D eigenvalue weighted by Gasteiger charge is 2.32. The predicted octanol–water partition coefficient (Wildman–Crippen LogP) is 2.09. The summed E-state index contributed by atoms with van der Waals surface area (Å²) in [5.41, 5.74) is 1.34. The van der Waals surface area contributed by atoms with Crippen LogP contribution in [0.15, 0.2) is 24.3 Å². The summed E-state index contributed by atoms with van der Waals surface area (Å²) in [6.07, 6.45) is 4.38. The second-order valence-electron chi connectivity index (χ2n) is 5.12. The molecule has 2 N–H and O–H groups in total. The highest BCUT2D eigenvalue weighted by Crippen LogP contribution is 2.35. The zero-order valence-corrected chi connectivity index (χ0v) is 11.1. The number of aliphatic hydroxyl groups excluding tert-OH is 1. The van der Waals surface area contributed by atoms with Crippen molar-refractivity contribution in [3.05, 3.63) is 29.8 Å². The second-order valence-corrected chi connectivity index (χ2v) is 5.12. The van der Waals surface area contributed by atoms with Gasteiger partial charge in [0.15, 0.2) is 0 Å². The first-order valence-corrected chi connectivity index (χ1v) is 6.77. The van der Waals surface area contributed by atoms with Gasteiger partial charge in [-0.15, -0.1) is 0 Å². The van der Waals surface area contributed by atoms with Gasteiger partial charge < -0.3 is 15.2 Å². The lowest BCUT2D eigenvalue weighted by molar-refractivity contribution is 0.228. The maximum absolute atomic E-state index is 9.40. The minimum absolute atomic E-state index is 0.0553. The van der Waals surface area contributed by atoms with Gasteiger partial charge in [0.1, 0.15) is 5.75 Å². The van der Waals surface area contributed by atoms with Crippen LogP contribution in [0.1, 0.15) is 31.2 Å². The highest BCUT2D eigenvalue weighted by molar-refractivity contribution is 5.34. The summed E-state index contributed by atoms with van der Waals surface area (Å²) in [4.78, 5) is 0. The molecule has 1 fully saturated rings. The molecule has 0 saturated carbocycles. The summed E-state index contributed by atoms with van der Waals surface area (Å²) in [6.45, 7) is 2.26. The molecule has 1 aliphatic heterocycles. The van der Waals surface area contributed by atoms with Crippen LogP contribution in [0.2, 0.25) is 0 Å². The van der Waals surface area contributed by atoms with Crippen molar-refractivity contribution in [1.82, 2.24) is 5.32 Å². The molecule has 0 radical (unpaired) electrons. The first kappa shape index (κ1) is 13.4. The molecule has 3 heteroatoms. The zero-order valence-electron chi connectivity index (χ0n) is 11.1. The molecule has 1 aromatic carbocycles. The number of hydrogen-bond acceptors (Lipinski definition) is 3. The van der Waals surface area contributed by atoms with E-state index in [1.54, 1.807) is 7.11 Å². The summed E-state index contributed by atoms with van der Waals surface area (Å²) in [5.74, 6) is 0.897. The molecular formula is C15H23NO2. The maximum atomic E-state index is 9.40. The van der Waals surface area contributed by atoms with Gasteiger partial charge in [0.05, 0.1) is 7.11 Å². The van der Waals surface area contributed by atoms with Crippen molar-refractivity contribution in [2.75, 3.05) is 26.8 Å². The van der Waals surface area contributed by atoms with Crippen molar-refractivity contribution in [2.45, 2.75) is 31.1 Å². The zero-order chi connectivity index (χ0) is 12.8. The lowest BCUT2D eigenvalue weighted by Gasteiger charge is -2.33. The van der Waals surface area contributed by atoms with Crippen molar-refractivity contribution in [3.8, 4) is 5.75 Å². The Kier molecular flexibility index (Phi) is 4.61. The number of aliphatic hydroxyl groups is 1. The monoisotopic (exact) mass is 249 g/mol. The average molecular weight is 249 g/mol. The smallest absolute Gasteiger partial charge is 0.119 e. The van der Waals surface area contributed by atoms with Gasteiger partial charge in [-0.25, -0.2) is 0 Å². The fraction of sp³-hybridized carbons (Fsp3) is 0.600. The Morgan fingerprint density at radius 2 is 2.28 bits per heavy atom. The molecule has 18 heavy (non-hydrogen) atoms. The molecule has 2 rings (SSSR count). The number of methoxy groups -OCH3 is 1. The fourth-order valence-electron chi connectivity index (χ4n) is 2.90. The largest absolute Gasteiger partial charge is 0.497 e. The molecule has 1 heterocycles. The Morgan fingerprint density at radius 1 is 1.39 bits per heavy atom. The molecule has 1 atom stereocenters. The van der Waals surface area contributed by atoms with Crippen molar-refractivity contribution >= 4 is 0 Å². The molecular weight excluding hydrogens is 226 g/mol. The number of benzene rings is 1. The Bertz CT molecular complexity index is 371. The Hall–Kier alpha value is -1.06. The lowest BCUT2D eigenvalue weighted by Crippen LogP contribution is -2.37. The van der Waals surface area contributed by atoms with Gasteiger partial charge in [0.2, 0.25) is 0 Å². The molecule has 0 amide bonds. The second kappa shape index (κ2) is 6.21. The maximum Gasteiger partial charge on any atom is 0.119 e. The molecule has 0 bridgehead atoms. The number of ether oxygens (including phenoxy) is 1. The van der Waals surface area contributed by atoms with E-state index >= 15 is 0 Å². The summed E-state index contributed by atoms with van der Waals surface area (Å²) in [7, 11) is 1.70. The van der Waals surface area contributed by atoms with E-state index in [0.29, 0.717) is 0 Å². The van der Waals surface area contributed by atoms with Crippen LogP contribution in [0.5, 0.6) is 5.75 Å². The van der Waals surface area contributed by atoms with E-state index in [0.717, 1.165) is 31.7 Å². The van der Waals surface area contributed by atoms with Crippen LogP contribution in [-0.4, -0.2) is 31.9 Å².